The van der Waals surface area contributed by atoms with Crippen molar-refractivity contribution < 1.29 is 5.11 Å². The number of thiazole rings is 1. The van der Waals surface area contributed by atoms with Crippen LogP contribution in [0.15, 0.2) is 11.8 Å². The molecule has 0 amide bonds. The maximum Gasteiger partial charge on any atom is 0.156 e. The van der Waals surface area contributed by atoms with Crippen molar-refractivity contribution in [2.24, 2.45) is 0 Å². The topological polar surface area (TPSA) is 70.9 Å². The number of nitrogens with zero attached hydrogens (tertiary/aromatic N) is 3. The van der Waals surface area contributed by atoms with Crippen molar-refractivity contribution in [3.05, 3.63) is 11.8 Å². The van der Waals surface area contributed by atoms with Crippen LogP contribution in [-0.4, -0.2) is 33.2 Å². The fourth-order valence-corrected chi connectivity index (χ4v) is 1.74. The Labute approximate surface area is 84.9 Å². The summed E-state index contributed by atoms with van der Waals surface area (Å²) >= 11 is 1.49. The van der Waals surface area contributed by atoms with Gasteiger partial charge in [-0.3, -0.25) is 0 Å². The lowest BCUT2D eigenvalue weighted by Gasteiger charge is -2.03. The Morgan fingerprint density at radius 2 is 2.29 bits per heavy atom. The third-order valence-corrected chi connectivity index (χ3v) is 2.50. The van der Waals surface area contributed by atoms with E-state index >= 15 is 0 Å². The van der Waals surface area contributed by atoms with Gasteiger partial charge >= 0.3 is 0 Å². The van der Waals surface area contributed by atoms with Gasteiger partial charge in [-0.2, -0.15) is 0 Å². The molecular weight excluding hydrogens is 200 g/mol. The molecule has 2 rings (SSSR count). The molecule has 0 fully saturated rings. The van der Waals surface area contributed by atoms with E-state index < -0.39 is 0 Å². The lowest BCUT2D eigenvalue weighted by molar-refractivity contribution is 0.292. The molecule has 2 aromatic heterocycles. The van der Waals surface area contributed by atoms with Gasteiger partial charge in [0.15, 0.2) is 5.82 Å². The van der Waals surface area contributed by atoms with Crippen LogP contribution in [0, 0.1) is 0 Å². The number of aromatic nitrogens is 3. The van der Waals surface area contributed by atoms with Crippen molar-refractivity contribution in [3.8, 4) is 0 Å². The average Bonchev–Trinajstić information content (AvgIpc) is 2.67. The lowest BCUT2D eigenvalue weighted by atomic mass is 10.4. The molecule has 6 heteroatoms. The second-order valence-electron chi connectivity index (χ2n) is 2.73. The maximum atomic E-state index is 8.63. The van der Waals surface area contributed by atoms with Crippen molar-refractivity contribution in [2.45, 2.75) is 6.42 Å². The quantitative estimate of drug-likeness (QED) is 0.733. The molecule has 0 atom stereocenters. The number of hydrogen-bond donors (Lipinski definition) is 2. The van der Waals surface area contributed by atoms with Gasteiger partial charge in [-0.25, -0.2) is 15.0 Å². The largest absolute Gasteiger partial charge is 0.396 e. The smallest absolute Gasteiger partial charge is 0.156 e. The van der Waals surface area contributed by atoms with E-state index in [4.69, 9.17) is 5.11 Å². The molecule has 74 valence electrons. The van der Waals surface area contributed by atoms with Gasteiger partial charge in [0.25, 0.3) is 0 Å². The number of fused-ring (bicyclic) bond motifs is 1. The first-order valence-corrected chi connectivity index (χ1v) is 5.18. The number of rotatable bonds is 4. The van der Waals surface area contributed by atoms with E-state index in [0.717, 1.165) is 16.2 Å². The summed E-state index contributed by atoms with van der Waals surface area (Å²) in [5.74, 6) is 0.740. The van der Waals surface area contributed by atoms with Crippen LogP contribution >= 0.6 is 11.3 Å². The number of aliphatic hydroxyl groups excluding tert-OH is 1. The Morgan fingerprint density at radius 3 is 3.14 bits per heavy atom. The highest BCUT2D eigenvalue weighted by atomic mass is 32.1. The number of anilines is 1. The monoisotopic (exact) mass is 210 g/mol. The molecule has 0 aliphatic heterocycles. The molecule has 0 aromatic carbocycles. The minimum absolute atomic E-state index is 0.179. The molecule has 0 radical (unpaired) electrons. The van der Waals surface area contributed by atoms with Gasteiger partial charge in [-0.05, 0) is 6.42 Å². The number of aliphatic hydroxyl groups is 1. The highest BCUT2D eigenvalue weighted by Gasteiger charge is 2.04. The van der Waals surface area contributed by atoms with Crippen LogP contribution in [0.25, 0.3) is 10.3 Å². The second kappa shape index (κ2) is 4.30. The number of nitrogens with one attached hydrogen (secondary N) is 1. The van der Waals surface area contributed by atoms with Gasteiger partial charge < -0.3 is 10.4 Å². The van der Waals surface area contributed by atoms with Gasteiger partial charge in [-0.15, -0.1) is 11.3 Å². The highest BCUT2D eigenvalue weighted by molar-refractivity contribution is 7.16. The Hall–Kier alpha value is -1.27. The van der Waals surface area contributed by atoms with E-state index in [1.54, 1.807) is 5.51 Å². The summed E-state index contributed by atoms with van der Waals surface area (Å²) in [4.78, 5) is 13.2. The van der Waals surface area contributed by atoms with E-state index in [-0.39, 0.29) is 6.61 Å². The molecule has 0 saturated heterocycles. The van der Waals surface area contributed by atoms with E-state index in [2.05, 4.69) is 20.3 Å². The minimum Gasteiger partial charge on any atom is -0.396 e. The summed E-state index contributed by atoms with van der Waals surface area (Å²) in [5, 5.41) is 11.7. The molecule has 2 aromatic rings. The third-order valence-electron chi connectivity index (χ3n) is 1.76. The average molecular weight is 210 g/mol. The Bertz CT molecular complexity index is 416. The molecule has 0 saturated carbocycles. The standard InChI is InChI=1S/C8H10N4OS/c13-3-1-2-9-7-6-8(11-4-10-7)14-5-12-6/h4-5,13H,1-3H2,(H,9,10,11). The summed E-state index contributed by atoms with van der Waals surface area (Å²) in [6.07, 6.45) is 2.22. The molecule has 0 aliphatic carbocycles. The molecule has 14 heavy (non-hydrogen) atoms. The molecule has 5 nitrogen and oxygen atoms in total. The van der Waals surface area contributed by atoms with Crippen LogP contribution < -0.4 is 5.32 Å². The van der Waals surface area contributed by atoms with Crippen LogP contribution in [0.2, 0.25) is 0 Å². The summed E-state index contributed by atoms with van der Waals surface area (Å²) in [6.45, 7) is 0.873. The van der Waals surface area contributed by atoms with Gasteiger partial charge in [0.2, 0.25) is 0 Å². The SMILES string of the molecule is OCCCNc1ncnc2scnc12. The molecule has 0 unspecified atom stereocenters. The summed E-state index contributed by atoms with van der Waals surface area (Å²) in [5.41, 5.74) is 2.55. The zero-order valence-electron chi connectivity index (χ0n) is 7.47. The minimum atomic E-state index is 0.179. The van der Waals surface area contributed by atoms with Crippen molar-refractivity contribution in [3.63, 3.8) is 0 Å². The van der Waals surface area contributed by atoms with Crippen molar-refractivity contribution >= 4 is 27.5 Å². The van der Waals surface area contributed by atoms with E-state index in [1.165, 1.54) is 17.7 Å². The Morgan fingerprint density at radius 1 is 1.36 bits per heavy atom. The normalized spacial score (nSPS) is 10.6. The maximum absolute atomic E-state index is 8.63. The zero-order chi connectivity index (χ0) is 9.80. The molecular formula is C8H10N4OS. The predicted molar refractivity (Wildman–Crippen MR) is 55.4 cm³/mol. The Kier molecular flexibility index (Phi) is 2.85. The van der Waals surface area contributed by atoms with Crippen molar-refractivity contribution in [1.82, 2.24) is 15.0 Å². The van der Waals surface area contributed by atoms with Crippen LogP contribution in [0.4, 0.5) is 5.82 Å². The molecule has 2 heterocycles. The summed E-state index contributed by atoms with van der Waals surface area (Å²) in [7, 11) is 0. The lowest BCUT2D eigenvalue weighted by Crippen LogP contribution is -2.05. The first kappa shape index (κ1) is 9.29. The van der Waals surface area contributed by atoms with Crippen molar-refractivity contribution in [1.29, 1.82) is 0 Å². The highest BCUT2D eigenvalue weighted by Crippen LogP contribution is 2.20. The van der Waals surface area contributed by atoms with E-state index in [1.807, 2.05) is 0 Å². The first-order chi connectivity index (χ1) is 6.92. The molecule has 0 spiro atoms. The zero-order valence-corrected chi connectivity index (χ0v) is 8.29. The van der Waals surface area contributed by atoms with Crippen LogP contribution in [-0.2, 0) is 0 Å². The van der Waals surface area contributed by atoms with Crippen LogP contribution in [0.3, 0.4) is 0 Å². The molecule has 0 aliphatic rings. The second-order valence-corrected chi connectivity index (χ2v) is 3.57. The van der Waals surface area contributed by atoms with Gasteiger partial charge in [0.1, 0.15) is 16.7 Å². The van der Waals surface area contributed by atoms with Gasteiger partial charge in [0, 0.05) is 13.2 Å². The fourth-order valence-electron chi connectivity index (χ4n) is 1.11. The fraction of sp³-hybridized carbons (Fsp3) is 0.375. The van der Waals surface area contributed by atoms with Crippen LogP contribution in [0.5, 0.6) is 0 Å². The predicted octanol–water partition coefficient (Wildman–Crippen LogP) is 0.881. The molecule has 2 N–H and O–H groups in total. The van der Waals surface area contributed by atoms with Crippen LogP contribution in [0.1, 0.15) is 6.42 Å². The van der Waals surface area contributed by atoms with Gasteiger partial charge in [0.05, 0.1) is 5.51 Å². The summed E-state index contributed by atoms with van der Waals surface area (Å²) < 4.78 is 0. The Balaban J connectivity index is 2.19. The third kappa shape index (κ3) is 1.80. The summed E-state index contributed by atoms with van der Waals surface area (Å²) in [6, 6.07) is 0. The van der Waals surface area contributed by atoms with Gasteiger partial charge in [-0.1, -0.05) is 0 Å². The van der Waals surface area contributed by atoms with Crippen molar-refractivity contribution in [2.75, 3.05) is 18.5 Å². The molecule has 0 bridgehead atoms. The van der Waals surface area contributed by atoms with E-state index in [0.29, 0.717) is 13.0 Å². The number of hydrogen-bond acceptors (Lipinski definition) is 6. The first-order valence-electron chi connectivity index (χ1n) is 4.31. The van der Waals surface area contributed by atoms with E-state index in [9.17, 15) is 0 Å².